The Balaban J connectivity index is 2.11. The minimum Gasteiger partial charge on any atom is -0.494 e. The highest BCUT2D eigenvalue weighted by atomic mass is 16.6. The summed E-state index contributed by atoms with van der Waals surface area (Å²) in [4.78, 5) is 40.6. The number of hydrogen-bond donors (Lipinski definition) is 1. The maximum atomic E-state index is 13.0. The number of nitrogens with zero attached hydrogens (tertiary/aromatic N) is 4. The minimum absolute atomic E-state index is 0.101. The van der Waals surface area contributed by atoms with Gasteiger partial charge in [0, 0.05) is 30.9 Å². The monoisotopic (exact) mass is 452 g/mol. The third-order valence-corrected chi connectivity index (χ3v) is 5.07. The van der Waals surface area contributed by atoms with Crippen LogP contribution >= 0.6 is 0 Å². The van der Waals surface area contributed by atoms with E-state index in [0.29, 0.717) is 6.42 Å². The van der Waals surface area contributed by atoms with E-state index < -0.39 is 28.1 Å². The van der Waals surface area contributed by atoms with Crippen molar-refractivity contribution in [1.29, 1.82) is 0 Å². The molecule has 0 atom stereocenters. The SMILES string of the molecule is COc1ccc([N+](=O)[O-])cc1N=Cc1c(O)n(CCc2ccccc2)c(=O)n(C(C)C)c1=O. The maximum absolute atomic E-state index is 13.0. The van der Waals surface area contributed by atoms with Gasteiger partial charge in [-0.05, 0) is 31.9 Å². The second-order valence-electron chi connectivity index (χ2n) is 7.55. The zero-order valence-electron chi connectivity index (χ0n) is 18.5. The normalized spacial score (nSPS) is 11.3. The number of methoxy groups -OCH3 is 1. The van der Waals surface area contributed by atoms with Gasteiger partial charge in [-0.1, -0.05) is 30.3 Å². The zero-order chi connectivity index (χ0) is 24.1. The molecule has 33 heavy (non-hydrogen) atoms. The predicted molar refractivity (Wildman–Crippen MR) is 124 cm³/mol. The second kappa shape index (κ2) is 9.94. The van der Waals surface area contributed by atoms with Crippen LogP contribution in [-0.4, -0.2) is 32.5 Å². The molecule has 0 saturated heterocycles. The Morgan fingerprint density at radius 3 is 2.48 bits per heavy atom. The highest BCUT2D eigenvalue weighted by Gasteiger charge is 2.20. The molecular formula is C23H24N4O6. The number of hydrogen-bond acceptors (Lipinski definition) is 7. The highest BCUT2D eigenvalue weighted by Crippen LogP contribution is 2.31. The van der Waals surface area contributed by atoms with Gasteiger partial charge in [0.25, 0.3) is 11.2 Å². The van der Waals surface area contributed by atoms with Gasteiger partial charge >= 0.3 is 5.69 Å². The van der Waals surface area contributed by atoms with Gasteiger partial charge < -0.3 is 9.84 Å². The molecule has 0 fully saturated rings. The molecule has 0 aliphatic rings. The summed E-state index contributed by atoms with van der Waals surface area (Å²) in [5.41, 5.74) is -0.694. The molecule has 0 bridgehead atoms. The van der Waals surface area contributed by atoms with E-state index in [1.165, 1.54) is 25.3 Å². The van der Waals surface area contributed by atoms with Crippen LogP contribution in [0.25, 0.3) is 0 Å². The number of non-ortho nitro benzene ring substituents is 1. The van der Waals surface area contributed by atoms with Gasteiger partial charge in [0.2, 0.25) is 5.88 Å². The molecule has 0 aliphatic heterocycles. The molecule has 3 rings (SSSR count). The largest absolute Gasteiger partial charge is 0.494 e. The number of aryl methyl sites for hydroxylation is 1. The van der Waals surface area contributed by atoms with Crippen LogP contribution in [0.3, 0.4) is 0 Å². The number of aromatic nitrogens is 2. The van der Waals surface area contributed by atoms with E-state index in [1.807, 2.05) is 30.3 Å². The summed E-state index contributed by atoms with van der Waals surface area (Å²) in [6.45, 7) is 3.51. The van der Waals surface area contributed by atoms with E-state index in [2.05, 4.69) is 4.99 Å². The van der Waals surface area contributed by atoms with Crippen molar-refractivity contribution in [2.75, 3.05) is 7.11 Å². The molecule has 1 heterocycles. The fourth-order valence-corrected chi connectivity index (χ4v) is 3.36. The Bertz CT molecular complexity index is 1310. The van der Waals surface area contributed by atoms with Crippen molar-refractivity contribution in [3.8, 4) is 11.6 Å². The van der Waals surface area contributed by atoms with Gasteiger partial charge in [-0.2, -0.15) is 0 Å². The van der Waals surface area contributed by atoms with E-state index in [1.54, 1.807) is 13.8 Å². The van der Waals surface area contributed by atoms with Crippen molar-refractivity contribution < 1.29 is 14.8 Å². The van der Waals surface area contributed by atoms with Crippen molar-refractivity contribution in [2.24, 2.45) is 4.99 Å². The van der Waals surface area contributed by atoms with Gasteiger partial charge in [-0.25, -0.2) is 4.79 Å². The van der Waals surface area contributed by atoms with Crippen LogP contribution in [0.15, 0.2) is 63.1 Å². The fraction of sp³-hybridized carbons (Fsp3) is 0.261. The summed E-state index contributed by atoms with van der Waals surface area (Å²) in [6.07, 6.45) is 1.55. The molecule has 0 saturated carbocycles. The minimum atomic E-state index is -0.711. The lowest BCUT2D eigenvalue weighted by atomic mass is 10.1. The zero-order valence-corrected chi connectivity index (χ0v) is 18.5. The first kappa shape index (κ1) is 23.5. The Morgan fingerprint density at radius 1 is 1.18 bits per heavy atom. The van der Waals surface area contributed by atoms with Gasteiger partial charge in [0.1, 0.15) is 17.0 Å². The van der Waals surface area contributed by atoms with Crippen LogP contribution in [0.1, 0.15) is 31.0 Å². The van der Waals surface area contributed by atoms with Crippen LogP contribution in [0, 0.1) is 10.1 Å². The molecular weight excluding hydrogens is 428 g/mol. The number of nitro groups is 1. The molecule has 1 N–H and O–H groups in total. The van der Waals surface area contributed by atoms with Crippen molar-refractivity contribution in [3.63, 3.8) is 0 Å². The lowest BCUT2D eigenvalue weighted by Gasteiger charge is -2.16. The summed E-state index contributed by atoms with van der Waals surface area (Å²) < 4.78 is 7.35. The van der Waals surface area contributed by atoms with Gasteiger partial charge in [0.15, 0.2) is 0 Å². The van der Waals surface area contributed by atoms with Gasteiger partial charge in [-0.15, -0.1) is 0 Å². The Morgan fingerprint density at radius 2 is 1.88 bits per heavy atom. The van der Waals surface area contributed by atoms with Gasteiger partial charge in [-0.3, -0.25) is 29.0 Å². The molecule has 10 heteroatoms. The molecule has 2 aromatic carbocycles. The topological polar surface area (TPSA) is 129 Å². The van der Waals surface area contributed by atoms with Crippen molar-refractivity contribution in [2.45, 2.75) is 32.9 Å². The first-order valence-corrected chi connectivity index (χ1v) is 10.2. The fourth-order valence-electron chi connectivity index (χ4n) is 3.36. The molecule has 0 aliphatic carbocycles. The Labute approximate surface area is 189 Å². The number of aliphatic imine (C=N–C) groups is 1. The molecule has 0 spiro atoms. The van der Waals surface area contributed by atoms with Gasteiger partial charge in [0.05, 0.1) is 12.0 Å². The van der Waals surface area contributed by atoms with Crippen LogP contribution in [0.5, 0.6) is 11.6 Å². The maximum Gasteiger partial charge on any atom is 0.334 e. The quantitative estimate of drug-likeness (QED) is 0.317. The second-order valence-corrected chi connectivity index (χ2v) is 7.55. The summed E-state index contributed by atoms with van der Waals surface area (Å²) in [6, 6.07) is 12.8. The van der Waals surface area contributed by atoms with E-state index >= 15 is 0 Å². The van der Waals surface area contributed by atoms with Crippen molar-refractivity contribution in [3.05, 3.63) is 90.6 Å². The molecule has 0 unspecified atom stereocenters. The molecule has 0 radical (unpaired) electrons. The number of benzene rings is 2. The predicted octanol–water partition coefficient (Wildman–Crippen LogP) is 3.21. The number of aromatic hydroxyl groups is 1. The highest BCUT2D eigenvalue weighted by molar-refractivity contribution is 5.85. The number of nitro benzene ring substituents is 1. The third kappa shape index (κ3) is 5.00. The van der Waals surface area contributed by atoms with Crippen LogP contribution in [-0.2, 0) is 13.0 Å². The Kier molecular flexibility index (Phi) is 7.07. The smallest absolute Gasteiger partial charge is 0.334 e. The van der Waals surface area contributed by atoms with E-state index in [-0.39, 0.29) is 29.2 Å². The van der Waals surface area contributed by atoms with Crippen LogP contribution in [0.2, 0.25) is 0 Å². The first-order chi connectivity index (χ1) is 15.7. The molecule has 172 valence electrons. The average Bonchev–Trinajstić information content (AvgIpc) is 2.79. The van der Waals surface area contributed by atoms with E-state index in [4.69, 9.17) is 4.74 Å². The summed E-state index contributed by atoms with van der Waals surface area (Å²) in [5, 5.41) is 21.9. The summed E-state index contributed by atoms with van der Waals surface area (Å²) in [5.74, 6) is -0.274. The van der Waals surface area contributed by atoms with E-state index in [9.17, 15) is 24.8 Å². The third-order valence-electron chi connectivity index (χ3n) is 5.07. The molecule has 0 amide bonds. The number of ether oxygens (including phenoxy) is 1. The summed E-state index contributed by atoms with van der Waals surface area (Å²) >= 11 is 0. The average molecular weight is 452 g/mol. The van der Waals surface area contributed by atoms with E-state index in [0.717, 1.165) is 20.9 Å². The molecule has 1 aromatic heterocycles. The molecule has 3 aromatic rings. The molecule has 10 nitrogen and oxygen atoms in total. The van der Waals surface area contributed by atoms with Crippen LogP contribution < -0.4 is 16.0 Å². The summed E-state index contributed by atoms with van der Waals surface area (Å²) in [7, 11) is 1.38. The van der Waals surface area contributed by atoms with Crippen LogP contribution in [0.4, 0.5) is 11.4 Å². The number of rotatable bonds is 8. The van der Waals surface area contributed by atoms with Crippen molar-refractivity contribution >= 4 is 17.6 Å². The lowest BCUT2D eigenvalue weighted by Crippen LogP contribution is -2.42. The first-order valence-electron chi connectivity index (χ1n) is 10.2. The van der Waals surface area contributed by atoms with Crippen molar-refractivity contribution in [1.82, 2.24) is 9.13 Å². The standard InChI is InChI=1S/C23H24N4O6/c1-15(2)26-22(29)18(14-24-19-13-17(27(31)32)9-10-20(19)33-3)21(28)25(23(26)30)12-11-16-7-5-4-6-8-16/h4-10,13-15,28H,11-12H2,1-3H3. The Hall–Kier alpha value is -4.21. The lowest BCUT2D eigenvalue weighted by molar-refractivity contribution is -0.384.